The lowest BCUT2D eigenvalue weighted by atomic mass is 9.74. The van der Waals surface area contributed by atoms with Crippen molar-refractivity contribution in [3.63, 3.8) is 0 Å². The number of aromatic nitrogens is 4. The average Bonchev–Trinajstić information content (AvgIpc) is 3.24. The molecule has 1 N–H and O–H groups in total. The number of aliphatic imine (C=N–C) groups is 1. The summed E-state index contributed by atoms with van der Waals surface area (Å²) < 4.78 is 17.2. The van der Waals surface area contributed by atoms with Crippen molar-refractivity contribution in [2.45, 2.75) is 31.2 Å². The van der Waals surface area contributed by atoms with Crippen LogP contribution in [0.4, 0.5) is 4.39 Å². The van der Waals surface area contributed by atoms with Crippen molar-refractivity contribution in [3.8, 4) is 11.3 Å². The molecule has 2 aliphatic carbocycles. The number of aromatic amines is 1. The molecule has 1 spiro atoms. The monoisotopic (exact) mass is 540 g/mol. The number of H-pyrrole nitrogens is 1. The Balaban J connectivity index is 1.32. The number of hydrogen-bond acceptors (Lipinski definition) is 5. The van der Waals surface area contributed by atoms with Crippen LogP contribution in [-0.2, 0) is 9.59 Å². The maximum absolute atomic E-state index is 15.3. The highest BCUT2D eigenvalue weighted by molar-refractivity contribution is 6.40. The number of rotatable bonds is 2. The van der Waals surface area contributed by atoms with E-state index in [1.807, 2.05) is 33.8 Å². The molecule has 1 saturated heterocycles. The Bertz CT molecular complexity index is 1780. The van der Waals surface area contributed by atoms with Crippen LogP contribution < -0.4 is 0 Å². The molecule has 0 radical (unpaired) electrons. The molecule has 10 heteroatoms. The zero-order chi connectivity index (χ0) is 26.5. The van der Waals surface area contributed by atoms with Crippen molar-refractivity contribution in [2.75, 3.05) is 13.1 Å². The maximum atomic E-state index is 15.3. The number of carbonyl (C=O) groups excluding carboxylic acids is 2. The third-order valence-corrected chi connectivity index (χ3v) is 8.99. The number of hydrogen-bond donors (Lipinski definition) is 1. The van der Waals surface area contributed by atoms with E-state index >= 15 is 4.39 Å². The molecule has 5 aliphatic rings. The van der Waals surface area contributed by atoms with Gasteiger partial charge in [-0.25, -0.2) is 14.4 Å². The van der Waals surface area contributed by atoms with Gasteiger partial charge in [0.1, 0.15) is 17.3 Å². The highest BCUT2D eigenvalue weighted by Gasteiger charge is 2.62. The molecule has 1 amide bonds. The summed E-state index contributed by atoms with van der Waals surface area (Å²) in [5.74, 6) is -0.786. The van der Waals surface area contributed by atoms with E-state index in [9.17, 15) is 9.59 Å². The predicted octanol–water partition coefficient (Wildman–Crippen LogP) is 4.44. The van der Waals surface area contributed by atoms with Crippen molar-refractivity contribution < 1.29 is 14.0 Å². The molecule has 3 aromatic rings. The molecular weight excluding hydrogens is 519 g/mol. The van der Waals surface area contributed by atoms with Crippen molar-refractivity contribution >= 4 is 35.2 Å². The van der Waals surface area contributed by atoms with Crippen molar-refractivity contribution in [3.05, 3.63) is 88.0 Å². The number of amides is 1. The SMILES string of the molecule is O=C1C=C(F)C2=C(Cl)C=NCC3=C(C2=C1)C(c1ncc(-c2ccn4ccnc4c2)[nH]1)CN1C(=O)CC2(CC2)[C@H]31. The zero-order valence-electron chi connectivity index (χ0n) is 20.7. The molecule has 194 valence electrons. The minimum absolute atomic E-state index is 0.116. The van der Waals surface area contributed by atoms with Crippen LogP contribution in [0, 0.1) is 5.41 Å². The Morgan fingerprint density at radius 2 is 2.03 bits per heavy atom. The average molecular weight is 541 g/mol. The standard InChI is InChI=1S/C29H22ClFN6O2/c30-20-12-32-11-18-25(17-8-16(38)9-21(31)26(17)20)19(14-37-24(39)10-29(2-3-29)27(18)37)28-34-13-22(35-28)15-1-5-36-6-4-33-23(36)7-15/h1,4-9,12-13,19,27H,2-3,10-11,14H2,(H,34,35)/t19?,27-/m0/s1. The summed E-state index contributed by atoms with van der Waals surface area (Å²) >= 11 is 6.54. The second-order valence-corrected chi connectivity index (χ2v) is 11.3. The molecule has 6 heterocycles. The topological polar surface area (TPSA) is 95.7 Å². The fourth-order valence-corrected chi connectivity index (χ4v) is 7.09. The van der Waals surface area contributed by atoms with Gasteiger partial charge >= 0.3 is 0 Å². The van der Waals surface area contributed by atoms with Crippen LogP contribution in [0.3, 0.4) is 0 Å². The molecular formula is C29H22ClFN6O2. The maximum Gasteiger partial charge on any atom is 0.223 e. The van der Waals surface area contributed by atoms with Gasteiger partial charge in [-0.2, -0.15) is 0 Å². The van der Waals surface area contributed by atoms with Crippen LogP contribution in [-0.4, -0.2) is 61.3 Å². The summed E-state index contributed by atoms with van der Waals surface area (Å²) in [5, 5.41) is 0.145. The Morgan fingerprint density at radius 3 is 2.87 bits per heavy atom. The molecule has 1 unspecified atom stereocenters. The minimum atomic E-state index is -0.680. The molecule has 8 nitrogen and oxygen atoms in total. The van der Waals surface area contributed by atoms with Gasteiger partial charge in [-0.05, 0) is 47.8 Å². The van der Waals surface area contributed by atoms with Crippen LogP contribution in [0.25, 0.3) is 16.9 Å². The summed E-state index contributed by atoms with van der Waals surface area (Å²) in [4.78, 5) is 45.0. The quantitative estimate of drug-likeness (QED) is 0.520. The summed E-state index contributed by atoms with van der Waals surface area (Å²) in [7, 11) is 0. The van der Waals surface area contributed by atoms with Gasteiger partial charge < -0.3 is 14.3 Å². The molecule has 3 aromatic heterocycles. The Kier molecular flexibility index (Phi) is 4.66. The molecule has 0 aromatic carbocycles. The largest absolute Gasteiger partial charge is 0.341 e. The fourth-order valence-electron chi connectivity index (χ4n) is 6.83. The molecule has 0 bridgehead atoms. The van der Waals surface area contributed by atoms with E-state index < -0.39 is 17.5 Å². The normalized spacial score (nSPS) is 25.4. The lowest BCUT2D eigenvalue weighted by Crippen LogP contribution is -2.46. The third-order valence-electron chi connectivity index (χ3n) is 8.70. The van der Waals surface area contributed by atoms with Gasteiger partial charge in [0.15, 0.2) is 5.78 Å². The van der Waals surface area contributed by atoms with Crippen molar-refractivity contribution in [1.82, 2.24) is 24.3 Å². The second kappa shape index (κ2) is 7.95. The molecule has 8 rings (SSSR count). The summed E-state index contributed by atoms with van der Waals surface area (Å²) in [6.07, 6.45) is 13.6. The van der Waals surface area contributed by atoms with E-state index in [2.05, 4.69) is 15.0 Å². The smallest absolute Gasteiger partial charge is 0.223 e. The van der Waals surface area contributed by atoms with Gasteiger partial charge in [0, 0.05) is 60.4 Å². The third kappa shape index (κ3) is 3.32. The van der Waals surface area contributed by atoms with Crippen LogP contribution in [0.5, 0.6) is 0 Å². The van der Waals surface area contributed by atoms with Gasteiger partial charge in [0.05, 0.1) is 35.4 Å². The zero-order valence-corrected chi connectivity index (χ0v) is 21.5. The van der Waals surface area contributed by atoms with E-state index in [0.29, 0.717) is 30.9 Å². The number of carbonyl (C=O) groups is 2. The van der Waals surface area contributed by atoms with E-state index in [1.54, 1.807) is 12.4 Å². The van der Waals surface area contributed by atoms with E-state index in [0.717, 1.165) is 47.0 Å². The summed E-state index contributed by atoms with van der Waals surface area (Å²) in [6, 6.07) is 3.81. The van der Waals surface area contributed by atoms with Gasteiger partial charge in [-0.1, -0.05) is 11.6 Å². The highest BCUT2D eigenvalue weighted by Crippen LogP contribution is 2.62. The van der Waals surface area contributed by atoms with Crippen LogP contribution in [0.2, 0.25) is 0 Å². The minimum Gasteiger partial charge on any atom is -0.341 e. The first kappa shape index (κ1) is 22.8. The molecule has 2 atom stereocenters. The number of nitrogens with zero attached hydrogens (tertiary/aromatic N) is 5. The Hall–Kier alpha value is -4.11. The number of ketones is 1. The van der Waals surface area contributed by atoms with E-state index in [4.69, 9.17) is 16.6 Å². The number of imidazole rings is 2. The van der Waals surface area contributed by atoms with E-state index in [1.165, 1.54) is 12.3 Å². The lowest BCUT2D eigenvalue weighted by Gasteiger charge is -2.42. The molecule has 2 fully saturated rings. The fraction of sp³-hybridized carbons (Fsp3) is 0.276. The summed E-state index contributed by atoms with van der Waals surface area (Å²) in [5.41, 5.74) is 4.76. The van der Waals surface area contributed by atoms with E-state index in [-0.39, 0.29) is 28.0 Å². The number of allylic oxidation sites excluding steroid dienone is 6. The first-order valence-electron chi connectivity index (χ1n) is 13.0. The summed E-state index contributed by atoms with van der Waals surface area (Å²) in [6.45, 7) is 0.689. The van der Waals surface area contributed by atoms with Crippen molar-refractivity contribution in [2.24, 2.45) is 10.4 Å². The Morgan fingerprint density at radius 1 is 1.15 bits per heavy atom. The van der Waals surface area contributed by atoms with Crippen LogP contribution in [0.1, 0.15) is 31.0 Å². The van der Waals surface area contributed by atoms with Crippen molar-refractivity contribution in [1.29, 1.82) is 0 Å². The van der Waals surface area contributed by atoms with Crippen LogP contribution >= 0.6 is 11.6 Å². The Labute approximate surface area is 227 Å². The number of pyridine rings is 1. The predicted molar refractivity (Wildman–Crippen MR) is 143 cm³/mol. The lowest BCUT2D eigenvalue weighted by molar-refractivity contribution is -0.129. The molecule has 1 saturated carbocycles. The van der Waals surface area contributed by atoms with Crippen LogP contribution in [0.15, 0.2) is 87.2 Å². The van der Waals surface area contributed by atoms with Gasteiger partial charge in [0.2, 0.25) is 5.91 Å². The number of halogens is 2. The first-order chi connectivity index (χ1) is 18.9. The molecule has 3 aliphatic heterocycles. The molecule has 39 heavy (non-hydrogen) atoms. The number of nitrogens with one attached hydrogen (secondary N) is 1. The second-order valence-electron chi connectivity index (χ2n) is 10.9. The number of fused-ring (bicyclic) bond motifs is 6. The van der Waals surface area contributed by atoms with Gasteiger partial charge in [0.25, 0.3) is 0 Å². The van der Waals surface area contributed by atoms with Gasteiger partial charge in [-0.15, -0.1) is 0 Å². The highest BCUT2D eigenvalue weighted by atomic mass is 35.5. The first-order valence-corrected chi connectivity index (χ1v) is 13.3. The van der Waals surface area contributed by atoms with Gasteiger partial charge in [-0.3, -0.25) is 14.6 Å².